The van der Waals surface area contributed by atoms with Gasteiger partial charge >= 0.3 is 0 Å². The molecule has 0 aliphatic carbocycles. The summed E-state index contributed by atoms with van der Waals surface area (Å²) in [5.41, 5.74) is 0.624. The number of sulfone groups is 1. The average molecular weight is 311 g/mol. The van der Waals surface area contributed by atoms with Crippen molar-refractivity contribution in [1.82, 2.24) is 9.97 Å². The smallest absolute Gasteiger partial charge is 0.152 e. The first-order valence-corrected chi connectivity index (χ1v) is 8.49. The molecule has 2 rings (SSSR count). The van der Waals surface area contributed by atoms with Gasteiger partial charge in [0, 0.05) is 24.2 Å². The Balaban J connectivity index is 2.39. The minimum atomic E-state index is -3.09. The lowest BCUT2D eigenvalue weighted by Crippen LogP contribution is -2.36. The number of aromatic nitrogens is 2. The van der Waals surface area contributed by atoms with Crippen LogP contribution in [0.25, 0.3) is 10.9 Å². The predicted octanol–water partition coefficient (Wildman–Crippen LogP) is 2.03. The summed E-state index contributed by atoms with van der Waals surface area (Å²) in [4.78, 5) is 10.0. The Kier molecular flexibility index (Phi) is 4.41. The maximum atomic E-state index is 13.4. The highest BCUT2D eigenvalue weighted by atomic mass is 32.2. The summed E-state index contributed by atoms with van der Waals surface area (Å²) in [6.45, 7) is 3.43. The summed E-state index contributed by atoms with van der Waals surface area (Å²) in [5, 5.41) is 0.570. The largest absolute Gasteiger partial charge is 0.355 e. The van der Waals surface area contributed by atoms with E-state index < -0.39 is 9.84 Å². The Bertz CT molecular complexity index is 749. The lowest BCUT2D eigenvalue weighted by molar-refractivity contribution is 0.588. The third kappa shape index (κ3) is 3.47. The van der Waals surface area contributed by atoms with Gasteiger partial charge < -0.3 is 4.90 Å². The molecule has 0 aliphatic heterocycles. The van der Waals surface area contributed by atoms with Crippen molar-refractivity contribution in [3.63, 3.8) is 0 Å². The Morgan fingerprint density at radius 3 is 2.71 bits per heavy atom. The number of anilines is 1. The fourth-order valence-electron chi connectivity index (χ4n) is 2.10. The molecule has 1 aromatic carbocycles. The van der Waals surface area contributed by atoms with Crippen LogP contribution in [0.4, 0.5) is 10.2 Å². The average Bonchev–Trinajstić information content (AvgIpc) is 2.45. The first-order chi connectivity index (χ1) is 9.84. The quantitative estimate of drug-likeness (QED) is 0.845. The van der Waals surface area contributed by atoms with Crippen LogP contribution in [0.1, 0.15) is 13.8 Å². The summed E-state index contributed by atoms with van der Waals surface area (Å²) < 4.78 is 36.9. The van der Waals surface area contributed by atoms with Crippen LogP contribution in [0.5, 0.6) is 0 Å². The predicted molar refractivity (Wildman–Crippen MR) is 81.7 cm³/mol. The molecule has 5 nitrogen and oxygen atoms in total. The fourth-order valence-corrected chi connectivity index (χ4v) is 3.30. The van der Waals surface area contributed by atoms with Crippen LogP contribution >= 0.6 is 0 Å². The van der Waals surface area contributed by atoms with Gasteiger partial charge in [-0.3, -0.25) is 0 Å². The van der Waals surface area contributed by atoms with Crippen LogP contribution in [0.3, 0.4) is 0 Å². The normalized spacial score (nSPS) is 13.3. The second kappa shape index (κ2) is 5.93. The van der Waals surface area contributed by atoms with E-state index in [1.54, 1.807) is 31.9 Å². The van der Waals surface area contributed by atoms with Gasteiger partial charge in [0.25, 0.3) is 0 Å². The van der Waals surface area contributed by atoms with Crippen molar-refractivity contribution < 1.29 is 12.8 Å². The van der Waals surface area contributed by atoms with Gasteiger partial charge in [-0.2, -0.15) is 0 Å². The highest BCUT2D eigenvalue weighted by Gasteiger charge is 2.20. The van der Waals surface area contributed by atoms with E-state index in [2.05, 4.69) is 9.97 Å². The van der Waals surface area contributed by atoms with Crippen LogP contribution in [0.15, 0.2) is 24.5 Å². The minimum Gasteiger partial charge on any atom is -0.355 e. The molecule has 0 spiro atoms. The number of hydrogen-bond donors (Lipinski definition) is 0. The second-order valence-corrected chi connectivity index (χ2v) is 7.42. The van der Waals surface area contributed by atoms with Gasteiger partial charge in [0.15, 0.2) is 9.84 Å². The van der Waals surface area contributed by atoms with Crippen LogP contribution in [-0.4, -0.2) is 43.0 Å². The van der Waals surface area contributed by atoms with Gasteiger partial charge in [-0.05, 0) is 25.1 Å². The van der Waals surface area contributed by atoms with Gasteiger partial charge in [0.05, 0.1) is 11.3 Å². The van der Waals surface area contributed by atoms with E-state index in [9.17, 15) is 12.8 Å². The number of benzene rings is 1. The maximum absolute atomic E-state index is 13.4. The molecule has 0 bridgehead atoms. The molecular weight excluding hydrogens is 293 g/mol. The standard InChI is InChI=1S/C14H18FN3O2S/c1-4-21(19,20)8-10(2)18(3)14-12-7-11(15)5-6-13(12)16-9-17-14/h5-7,9-10H,4,8H2,1-3H3. The van der Waals surface area contributed by atoms with E-state index in [-0.39, 0.29) is 23.4 Å². The molecule has 7 heteroatoms. The van der Waals surface area contributed by atoms with Gasteiger partial charge in [0.1, 0.15) is 18.0 Å². The second-order valence-electron chi connectivity index (χ2n) is 5.02. The molecule has 0 saturated heterocycles. The lowest BCUT2D eigenvalue weighted by atomic mass is 10.2. The molecule has 0 amide bonds. The number of halogens is 1. The van der Waals surface area contributed by atoms with Gasteiger partial charge in [-0.25, -0.2) is 22.8 Å². The molecule has 0 N–H and O–H groups in total. The summed E-state index contributed by atoms with van der Waals surface area (Å²) in [5.74, 6) is 0.282. The molecular formula is C14H18FN3O2S. The van der Waals surface area contributed by atoms with Crippen LogP contribution in [-0.2, 0) is 9.84 Å². The lowest BCUT2D eigenvalue weighted by Gasteiger charge is -2.26. The van der Waals surface area contributed by atoms with E-state index in [0.29, 0.717) is 16.7 Å². The molecule has 1 heterocycles. The third-order valence-corrected chi connectivity index (χ3v) is 5.38. The van der Waals surface area contributed by atoms with Crippen molar-refractivity contribution in [1.29, 1.82) is 0 Å². The summed E-state index contributed by atoms with van der Waals surface area (Å²) in [6, 6.07) is 4.01. The molecule has 0 fully saturated rings. The fraction of sp³-hybridized carbons (Fsp3) is 0.429. The molecule has 21 heavy (non-hydrogen) atoms. The van der Waals surface area contributed by atoms with Crippen LogP contribution < -0.4 is 4.90 Å². The molecule has 1 unspecified atom stereocenters. The van der Waals surface area contributed by atoms with Crippen molar-refractivity contribution in [2.45, 2.75) is 19.9 Å². The van der Waals surface area contributed by atoms with Gasteiger partial charge in [0.2, 0.25) is 0 Å². The van der Waals surface area contributed by atoms with E-state index >= 15 is 0 Å². The summed E-state index contributed by atoms with van der Waals surface area (Å²) >= 11 is 0. The zero-order chi connectivity index (χ0) is 15.6. The number of fused-ring (bicyclic) bond motifs is 1. The SMILES string of the molecule is CCS(=O)(=O)CC(C)N(C)c1ncnc2ccc(F)cc12. The topological polar surface area (TPSA) is 63.2 Å². The van der Waals surface area contributed by atoms with Crippen molar-refractivity contribution >= 4 is 26.6 Å². The molecule has 1 aromatic heterocycles. The highest BCUT2D eigenvalue weighted by molar-refractivity contribution is 7.91. The zero-order valence-electron chi connectivity index (χ0n) is 12.2. The maximum Gasteiger partial charge on any atom is 0.152 e. The highest BCUT2D eigenvalue weighted by Crippen LogP contribution is 2.24. The van der Waals surface area contributed by atoms with Crippen molar-refractivity contribution in [2.75, 3.05) is 23.5 Å². The molecule has 0 radical (unpaired) electrons. The monoisotopic (exact) mass is 311 g/mol. The van der Waals surface area contributed by atoms with E-state index in [4.69, 9.17) is 0 Å². The van der Waals surface area contributed by atoms with Gasteiger partial charge in [-0.1, -0.05) is 6.92 Å². The molecule has 0 saturated carbocycles. The third-order valence-electron chi connectivity index (χ3n) is 3.51. The first-order valence-electron chi connectivity index (χ1n) is 6.67. The van der Waals surface area contributed by atoms with Crippen LogP contribution in [0, 0.1) is 5.82 Å². The number of hydrogen-bond acceptors (Lipinski definition) is 5. The Hall–Kier alpha value is -1.76. The van der Waals surface area contributed by atoms with Crippen molar-refractivity contribution in [3.8, 4) is 0 Å². The summed E-state index contributed by atoms with van der Waals surface area (Å²) in [6.07, 6.45) is 1.40. The Morgan fingerprint density at radius 2 is 2.05 bits per heavy atom. The summed E-state index contributed by atoms with van der Waals surface area (Å²) in [7, 11) is -1.34. The van der Waals surface area contributed by atoms with Crippen molar-refractivity contribution in [3.05, 3.63) is 30.3 Å². The number of rotatable bonds is 5. The van der Waals surface area contributed by atoms with Crippen LogP contribution in [0.2, 0.25) is 0 Å². The van der Waals surface area contributed by atoms with E-state index in [1.807, 2.05) is 0 Å². The molecule has 0 aliphatic rings. The molecule has 114 valence electrons. The molecule has 1 atom stereocenters. The Labute approximate surface area is 123 Å². The van der Waals surface area contributed by atoms with E-state index in [1.165, 1.54) is 18.5 Å². The molecule has 2 aromatic rings. The zero-order valence-corrected chi connectivity index (χ0v) is 13.1. The van der Waals surface area contributed by atoms with Gasteiger partial charge in [-0.15, -0.1) is 0 Å². The first kappa shape index (κ1) is 15.6. The number of nitrogens with zero attached hydrogens (tertiary/aromatic N) is 3. The van der Waals surface area contributed by atoms with Crippen molar-refractivity contribution in [2.24, 2.45) is 0 Å². The Morgan fingerprint density at radius 1 is 1.33 bits per heavy atom. The van der Waals surface area contributed by atoms with E-state index in [0.717, 1.165) is 0 Å². The minimum absolute atomic E-state index is 0.0286.